The number of hydrogen-bond donors (Lipinski definition) is 0. The van der Waals surface area contributed by atoms with Crippen molar-refractivity contribution in [2.75, 3.05) is 0 Å². The van der Waals surface area contributed by atoms with Crippen LogP contribution in [0.15, 0.2) is 122 Å². The van der Waals surface area contributed by atoms with Gasteiger partial charge in [-0.1, -0.05) is 48.5 Å². The fourth-order valence-corrected chi connectivity index (χ4v) is 6.40. The molecule has 0 unspecified atom stereocenters. The summed E-state index contributed by atoms with van der Waals surface area (Å²) in [5.41, 5.74) is 3.14. The van der Waals surface area contributed by atoms with E-state index in [0.29, 0.717) is 0 Å². The number of nitrogens with zero attached hydrogens (tertiary/aromatic N) is 4. The van der Waals surface area contributed by atoms with E-state index < -0.39 is 0 Å². The average molecular weight is 509 g/mol. The molecular formula is C32H20N4OS. The Hall–Kier alpha value is -4.94. The first-order valence-corrected chi connectivity index (χ1v) is 13.2. The molecule has 0 radical (unpaired) electrons. The summed E-state index contributed by atoms with van der Waals surface area (Å²) in [4.78, 5) is 5.76. The molecule has 4 aromatic carbocycles. The highest BCUT2D eigenvalue weighted by atomic mass is 32.1. The minimum absolute atomic E-state index is 0.757. The number of para-hydroxylation sites is 1. The van der Waals surface area contributed by atoms with Gasteiger partial charge < -0.3 is 4.74 Å². The lowest BCUT2D eigenvalue weighted by Crippen LogP contribution is -1.97. The highest BCUT2D eigenvalue weighted by molar-refractivity contribution is 7.25. The molecule has 4 aromatic heterocycles. The Morgan fingerprint density at radius 3 is 2.37 bits per heavy atom. The second-order valence-corrected chi connectivity index (χ2v) is 10.2. The van der Waals surface area contributed by atoms with Crippen molar-refractivity contribution < 1.29 is 4.74 Å². The number of aromatic nitrogens is 4. The summed E-state index contributed by atoms with van der Waals surface area (Å²) in [6.07, 6.45) is 3.77. The Morgan fingerprint density at radius 2 is 1.45 bits per heavy atom. The molecule has 180 valence electrons. The van der Waals surface area contributed by atoms with Gasteiger partial charge in [0, 0.05) is 44.6 Å². The highest BCUT2D eigenvalue weighted by Crippen LogP contribution is 2.37. The van der Waals surface area contributed by atoms with E-state index in [1.807, 2.05) is 59.5 Å². The van der Waals surface area contributed by atoms with E-state index in [1.165, 1.54) is 20.9 Å². The van der Waals surface area contributed by atoms with E-state index >= 15 is 0 Å². The Balaban J connectivity index is 1.22. The molecule has 0 aliphatic rings. The maximum Gasteiger partial charge on any atom is 0.137 e. The lowest BCUT2D eigenvalue weighted by atomic mass is 10.1. The first kappa shape index (κ1) is 21.2. The van der Waals surface area contributed by atoms with E-state index in [4.69, 9.17) is 9.84 Å². The van der Waals surface area contributed by atoms with Crippen LogP contribution in [-0.4, -0.2) is 19.3 Å². The Labute approximate surface area is 221 Å². The number of hydrogen-bond acceptors (Lipinski definition) is 4. The van der Waals surface area contributed by atoms with Gasteiger partial charge in [-0.15, -0.1) is 11.3 Å². The monoisotopic (exact) mass is 508 g/mol. The summed E-state index contributed by atoms with van der Waals surface area (Å²) in [6, 6.07) is 37.2. The number of rotatable bonds is 4. The molecule has 0 atom stereocenters. The zero-order valence-electron chi connectivity index (χ0n) is 20.2. The molecule has 0 saturated carbocycles. The quantitative estimate of drug-likeness (QED) is 0.239. The topological polar surface area (TPSA) is 44.9 Å². The fourth-order valence-electron chi connectivity index (χ4n) is 5.25. The first-order valence-electron chi connectivity index (χ1n) is 12.4. The molecule has 8 aromatic rings. The predicted octanol–water partition coefficient (Wildman–Crippen LogP) is 8.52. The molecule has 6 heteroatoms. The van der Waals surface area contributed by atoms with E-state index in [0.717, 1.165) is 44.3 Å². The van der Waals surface area contributed by atoms with Crippen LogP contribution in [0.25, 0.3) is 53.6 Å². The van der Waals surface area contributed by atoms with Crippen molar-refractivity contribution in [1.29, 1.82) is 0 Å². The van der Waals surface area contributed by atoms with Gasteiger partial charge in [0.05, 0.1) is 22.9 Å². The molecular weight excluding hydrogens is 488 g/mol. The van der Waals surface area contributed by atoms with E-state index in [-0.39, 0.29) is 0 Å². The van der Waals surface area contributed by atoms with E-state index in [9.17, 15) is 0 Å². The number of thiophene rings is 1. The second-order valence-electron chi connectivity index (χ2n) is 9.19. The van der Waals surface area contributed by atoms with Gasteiger partial charge in [-0.3, -0.25) is 4.57 Å². The predicted molar refractivity (Wildman–Crippen MR) is 155 cm³/mol. The lowest BCUT2D eigenvalue weighted by molar-refractivity contribution is 0.483. The molecule has 0 N–H and O–H groups in total. The zero-order valence-corrected chi connectivity index (χ0v) is 21.0. The first-order chi connectivity index (χ1) is 18.8. The summed E-state index contributed by atoms with van der Waals surface area (Å²) in [5, 5.41) is 9.46. The Morgan fingerprint density at radius 1 is 0.632 bits per heavy atom. The third-order valence-corrected chi connectivity index (χ3v) is 8.09. The summed E-state index contributed by atoms with van der Waals surface area (Å²) in [5.74, 6) is 2.40. The van der Waals surface area contributed by atoms with Crippen molar-refractivity contribution >= 4 is 53.4 Å². The minimum Gasteiger partial charge on any atom is -0.457 e. The van der Waals surface area contributed by atoms with E-state index in [1.54, 1.807) is 11.3 Å². The van der Waals surface area contributed by atoms with Crippen molar-refractivity contribution in [2.45, 2.75) is 0 Å². The molecule has 0 fully saturated rings. The molecule has 8 rings (SSSR count). The summed E-state index contributed by atoms with van der Waals surface area (Å²) in [7, 11) is 0. The van der Waals surface area contributed by atoms with Gasteiger partial charge >= 0.3 is 0 Å². The number of ether oxygens (including phenoxy) is 1. The maximum atomic E-state index is 6.41. The third kappa shape index (κ3) is 3.24. The van der Waals surface area contributed by atoms with Gasteiger partial charge in [0.2, 0.25) is 0 Å². The molecule has 0 aliphatic carbocycles. The van der Waals surface area contributed by atoms with Crippen LogP contribution < -0.4 is 4.74 Å². The molecule has 0 amide bonds. The molecule has 0 aliphatic heterocycles. The van der Waals surface area contributed by atoms with Crippen molar-refractivity contribution in [1.82, 2.24) is 19.3 Å². The van der Waals surface area contributed by atoms with Crippen molar-refractivity contribution in [3.8, 4) is 23.0 Å². The van der Waals surface area contributed by atoms with Crippen LogP contribution in [0.4, 0.5) is 0 Å². The largest absolute Gasteiger partial charge is 0.457 e. The second kappa shape index (κ2) is 8.30. The van der Waals surface area contributed by atoms with Crippen LogP contribution in [0.2, 0.25) is 0 Å². The van der Waals surface area contributed by atoms with Crippen molar-refractivity contribution in [3.05, 3.63) is 122 Å². The van der Waals surface area contributed by atoms with Gasteiger partial charge in [-0.25, -0.2) is 9.67 Å². The highest BCUT2D eigenvalue weighted by Gasteiger charge is 2.15. The van der Waals surface area contributed by atoms with Gasteiger partial charge in [0.15, 0.2) is 0 Å². The number of benzene rings is 4. The third-order valence-electron chi connectivity index (χ3n) is 6.93. The molecule has 0 spiro atoms. The van der Waals surface area contributed by atoms with Gasteiger partial charge in [-0.2, -0.15) is 5.10 Å². The summed E-state index contributed by atoms with van der Waals surface area (Å²) < 4.78 is 11.9. The van der Waals surface area contributed by atoms with Crippen molar-refractivity contribution in [3.63, 3.8) is 0 Å². The van der Waals surface area contributed by atoms with Gasteiger partial charge in [0.25, 0.3) is 0 Å². The van der Waals surface area contributed by atoms with Crippen LogP contribution in [0.3, 0.4) is 0 Å². The smallest absolute Gasteiger partial charge is 0.137 e. The molecule has 4 heterocycles. The van der Waals surface area contributed by atoms with E-state index in [2.05, 4.69) is 76.3 Å². The van der Waals surface area contributed by atoms with Crippen LogP contribution in [-0.2, 0) is 0 Å². The van der Waals surface area contributed by atoms with Gasteiger partial charge in [-0.05, 0) is 48.5 Å². The van der Waals surface area contributed by atoms with Crippen LogP contribution in [0.5, 0.6) is 11.5 Å². The van der Waals surface area contributed by atoms with Crippen LogP contribution >= 0.6 is 11.3 Å². The van der Waals surface area contributed by atoms with Crippen molar-refractivity contribution in [2.24, 2.45) is 0 Å². The number of pyridine rings is 1. The lowest BCUT2D eigenvalue weighted by Gasteiger charge is -2.10. The normalized spacial score (nSPS) is 11.7. The SMILES string of the molecule is c1ccc(-n2c3ccccc3c3ccc(Oc4cccc(-n5ncc6c7ccccc7sc65)c4)cc32)nc1. The Kier molecular flexibility index (Phi) is 4.62. The Bertz CT molecular complexity index is 2120. The molecule has 0 saturated heterocycles. The summed E-state index contributed by atoms with van der Waals surface area (Å²) >= 11 is 1.75. The maximum absolute atomic E-state index is 6.41. The van der Waals surface area contributed by atoms with Crippen LogP contribution in [0, 0.1) is 0 Å². The standard InChI is InChI=1S/C32H20N4OS/c1-3-12-28-24(10-1)25-16-15-23(19-29(25)35(28)31-14-5-6-17-33-31)37-22-9-7-8-21(18-22)36-32-27(20-34-36)26-11-2-4-13-30(26)38-32/h1-20H. The number of fused-ring (bicyclic) bond motifs is 6. The molecule has 5 nitrogen and oxygen atoms in total. The minimum atomic E-state index is 0.757. The average Bonchev–Trinajstić information content (AvgIpc) is 3.64. The molecule has 38 heavy (non-hydrogen) atoms. The molecule has 0 bridgehead atoms. The zero-order chi connectivity index (χ0) is 25.1. The summed E-state index contributed by atoms with van der Waals surface area (Å²) in [6.45, 7) is 0. The fraction of sp³-hybridized carbons (Fsp3) is 0. The van der Waals surface area contributed by atoms with Crippen LogP contribution in [0.1, 0.15) is 0 Å². The van der Waals surface area contributed by atoms with Gasteiger partial charge in [0.1, 0.15) is 22.1 Å².